The largest absolute Gasteiger partial charge is 0.476 e. The molecule has 0 fully saturated rings. The maximum atomic E-state index is 5.59. The van der Waals surface area contributed by atoms with Crippen molar-refractivity contribution in [1.29, 1.82) is 0 Å². The molecule has 0 aliphatic carbocycles. The van der Waals surface area contributed by atoms with Gasteiger partial charge in [0.15, 0.2) is 0 Å². The number of hydrogen-bond acceptors (Lipinski definition) is 3. The van der Waals surface area contributed by atoms with E-state index in [1.165, 1.54) is 0 Å². The molecule has 0 bridgehead atoms. The van der Waals surface area contributed by atoms with Gasteiger partial charge in [0.05, 0.1) is 5.69 Å². The number of benzene rings is 2. The molecule has 3 aromatic rings. The maximum Gasteiger partial charge on any atom is 0.214 e. The first kappa shape index (κ1) is 12.6. The molecule has 3 heteroatoms. The van der Waals surface area contributed by atoms with E-state index in [1.807, 2.05) is 36.4 Å². The molecule has 1 heterocycles. The Hall–Kier alpha value is -2.39. The molecule has 0 unspecified atom stereocenters. The fourth-order valence-corrected chi connectivity index (χ4v) is 2.23. The summed E-state index contributed by atoms with van der Waals surface area (Å²) in [4.78, 5) is 4.63. The number of nitrogens with two attached hydrogens (primary N) is 1. The van der Waals surface area contributed by atoms with Crippen LogP contribution in [0.1, 0.15) is 0 Å². The summed E-state index contributed by atoms with van der Waals surface area (Å²) < 4.78 is 5.59. The normalized spacial score (nSPS) is 10.7. The van der Waals surface area contributed by atoms with Crippen LogP contribution in [0, 0.1) is 0 Å². The van der Waals surface area contributed by atoms with Crippen molar-refractivity contribution in [2.24, 2.45) is 5.73 Å². The molecule has 2 aromatic carbocycles. The molecule has 100 valence electrons. The Labute approximate surface area is 118 Å². The molecule has 0 saturated heterocycles. The SMILES string of the molecule is NCCOc1cc2ccccc2c(-c2ccccc2)n1. The molecule has 0 saturated carbocycles. The van der Waals surface area contributed by atoms with Crippen molar-refractivity contribution < 1.29 is 4.74 Å². The van der Waals surface area contributed by atoms with Gasteiger partial charge in [-0.3, -0.25) is 0 Å². The van der Waals surface area contributed by atoms with Crippen LogP contribution in [-0.4, -0.2) is 18.1 Å². The van der Waals surface area contributed by atoms with Crippen molar-refractivity contribution >= 4 is 10.8 Å². The van der Waals surface area contributed by atoms with Crippen LogP contribution in [-0.2, 0) is 0 Å². The molecule has 0 aliphatic heterocycles. The summed E-state index contributed by atoms with van der Waals surface area (Å²) in [7, 11) is 0. The number of ether oxygens (including phenoxy) is 1. The molecule has 0 amide bonds. The second-order valence-corrected chi connectivity index (χ2v) is 4.53. The molecule has 2 N–H and O–H groups in total. The number of fused-ring (bicyclic) bond motifs is 1. The predicted molar refractivity (Wildman–Crippen MR) is 81.7 cm³/mol. The minimum absolute atomic E-state index is 0.472. The summed E-state index contributed by atoms with van der Waals surface area (Å²) >= 11 is 0. The lowest BCUT2D eigenvalue weighted by Gasteiger charge is -2.10. The second kappa shape index (κ2) is 5.72. The Kier molecular flexibility index (Phi) is 3.61. The van der Waals surface area contributed by atoms with Gasteiger partial charge in [-0.05, 0) is 5.39 Å². The lowest BCUT2D eigenvalue weighted by Crippen LogP contribution is -2.11. The lowest BCUT2D eigenvalue weighted by atomic mass is 10.0. The fourth-order valence-electron chi connectivity index (χ4n) is 2.23. The smallest absolute Gasteiger partial charge is 0.214 e. The first-order valence-electron chi connectivity index (χ1n) is 6.66. The maximum absolute atomic E-state index is 5.59. The molecular formula is C17H16N2O. The summed E-state index contributed by atoms with van der Waals surface area (Å²) in [5, 5.41) is 2.24. The van der Waals surface area contributed by atoms with E-state index in [-0.39, 0.29) is 0 Å². The van der Waals surface area contributed by atoms with Crippen LogP contribution in [0.5, 0.6) is 5.88 Å². The Morgan fingerprint density at radius 3 is 2.50 bits per heavy atom. The van der Waals surface area contributed by atoms with Gasteiger partial charge in [-0.1, -0.05) is 54.6 Å². The number of pyridine rings is 1. The number of hydrogen-bond donors (Lipinski definition) is 1. The summed E-state index contributed by atoms with van der Waals surface area (Å²) in [5.41, 5.74) is 7.51. The van der Waals surface area contributed by atoms with Crippen molar-refractivity contribution in [2.45, 2.75) is 0 Å². The van der Waals surface area contributed by atoms with Crippen molar-refractivity contribution in [2.75, 3.05) is 13.2 Å². The average Bonchev–Trinajstić information content (AvgIpc) is 2.53. The molecule has 3 rings (SSSR count). The number of aromatic nitrogens is 1. The van der Waals surface area contributed by atoms with Gasteiger partial charge in [0, 0.05) is 23.6 Å². The summed E-state index contributed by atoms with van der Waals surface area (Å²) in [5.74, 6) is 0.619. The molecule has 0 radical (unpaired) electrons. The van der Waals surface area contributed by atoms with Gasteiger partial charge in [-0.2, -0.15) is 0 Å². The third-order valence-corrected chi connectivity index (χ3v) is 3.13. The number of nitrogens with zero attached hydrogens (tertiary/aromatic N) is 1. The van der Waals surface area contributed by atoms with Gasteiger partial charge in [0.1, 0.15) is 6.61 Å². The van der Waals surface area contributed by atoms with Crippen LogP contribution in [0.3, 0.4) is 0 Å². The van der Waals surface area contributed by atoms with Gasteiger partial charge in [-0.15, -0.1) is 0 Å². The van der Waals surface area contributed by atoms with E-state index in [2.05, 4.69) is 29.2 Å². The molecule has 20 heavy (non-hydrogen) atoms. The van der Waals surface area contributed by atoms with Crippen LogP contribution in [0.25, 0.3) is 22.0 Å². The van der Waals surface area contributed by atoms with E-state index in [9.17, 15) is 0 Å². The van der Waals surface area contributed by atoms with Crippen molar-refractivity contribution in [3.63, 3.8) is 0 Å². The van der Waals surface area contributed by atoms with E-state index in [0.29, 0.717) is 19.0 Å². The van der Waals surface area contributed by atoms with Gasteiger partial charge in [0.2, 0.25) is 5.88 Å². The van der Waals surface area contributed by atoms with E-state index in [0.717, 1.165) is 22.0 Å². The molecule has 0 spiro atoms. The standard InChI is InChI=1S/C17H16N2O/c18-10-11-20-16-12-14-8-4-5-9-15(14)17(19-16)13-6-2-1-3-7-13/h1-9,12H,10-11,18H2. The Morgan fingerprint density at radius 1 is 0.950 bits per heavy atom. The van der Waals surface area contributed by atoms with Gasteiger partial charge in [-0.25, -0.2) is 4.98 Å². The minimum atomic E-state index is 0.472. The van der Waals surface area contributed by atoms with Crippen LogP contribution >= 0.6 is 0 Å². The van der Waals surface area contributed by atoms with Gasteiger partial charge in [0.25, 0.3) is 0 Å². The van der Waals surface area contributed by atoms with E-state index < -0.39 is 0 Å². The zero-order valence-corrected chi connectivity index (χ0v) is 11.1. The van der Waals surface area contributed by atoms with Gasteiger partial charge < -0.3 is 10.5 Å². The lowest BCUT2D eigenvalue weighted by molar-refractivity contribution is 0.316. The first-order valence-corrected chi connectivity index (χ1v) is 6.66. The van der Waals surface area contributed by atoms with E-state index in [4.69, 9.17) is 10.5 Å². The highest BCUT2D eigenvalue weighted by molar-refractivity contribution is 5.95. The Morgan fingerprint density at radius 2 is 1.70 bits per heavy atom. The van der Waals surface area contributed by atoms with Crippen LogP contribution in [0.15, 0.2) is 60.7 Å². The fraction of sp³-hybridized carbons (Fsp3) is 0.118. The molecule has 0 aliphatic rings. The zero-order chi connectivity index (χ0) is 13.8. The van der Waals surface area contributed by atoms with Crippen molar-refractivity contribution in [3.8, 4) is 17.1 Å². The summed E-state index contributed by atoms with van der Waals surface area (Å²) in [6.45, 7) is 0.953. The third kappa shape index (κ3) is 2.49. The summed E-state index contributed by atoms with van der Waals surface area (Å²) in [6.07, 6.45) is 0. The van der Waals surface area contributed by atoms with Crippen LogP contribution in [0.2, 0.25) is 0 Å². The second-order valence-electron chi connectivity index (χ2n) is 4.53. The quantitative estimate of drug-likeness (QED) is 0.787. The average molecular weight is 264 g/mol. The number of rotatable bonds is 4. The third-order valence-electron chi connectivity index (χ3n) is 3.13. The molecular weight excluding hydrogens is 248 g/mol. The highest BCUT2D eigenvalue weighted by atomic mass is 16.5. The van der Waals surface area contributed by atoms with Crippen molar-refractivity contribution in [3.05, 3.63) is 60.7 Å². The molecule has 3 nitrogen and oxygen atoms in total. The first-order chi connectivity index (χ1) is 9.88. The van der Waals surface area contributed by atoms with Gasteiger partial charge >= 0.3 is 0 Å². The van der Waals surface area contributed by atoms with E-state index >= 15 is 0 Å². The highest BCUT2D eigenvalue weighted by Gasteiger charge is 2.08. The minimum Gasteiger partial charge on any atom is -0.476 e. The zero-order valence-electron chi connectivity index (χ0n) is 11.1. The molecule has 0 atom stereocenters. The van der Waals surface area contributed by atoms with Crippen LogP contribution < -0.4 is 10.5 Å². The Balaban J connectivity index is 2.17. The monoisotopic (exact) mass is 264 g/mol. The topological polar surface area (TPSA) is 48.1 Å². The Bertz CT molecular complexity index is 711. The summed E-state index contributed by atoms with van der Waals surface area (Å²) in [6, 6.07) is 20.3. The van der Waals surface area contributed by atoms with Crippen LogP contribution in [0.4, 0.5) is 0 Å². The predicted octanol–water partition coefficient (Wildman–Crippen LogP) is 3.24. The van der Waals surface area contributed by atoms with E-state index in [1.54, 1.807) is 0 Å². The molecule has 1 aromatic heterocycles. The van der Waals surface area contributed by atoms with Crippen molar-refractivity contribution in [1.82, 2.24) is 4.98 Å². The highest BCUT2D eigenvalue weighted by Crippen LogP contribution is 2.29.